The molecule has 3 saturated heterocycles. The van der Waals surface area contributed by atoms with Crippen LogP contribution in [0, 0.1) is 11.8 Å². The second-order valence-corrected chi connectivity index (χ2v) is 14.9. The lowest BCUT2D eigenvalue weighted by molar-refractivity contribution is -0.946. The van der Waals surface area contributed by atoms with Gasteiger partial charge >= 0.3 is 0 Å². The number of nitrogens with one attached hydrogen (secondary N) is 2. The molecule has 3 aromatic carbocycles. The van der Waals surface area contributed by atoms with Gasteiger partial charge in [-0.25, -0.2) is 0 Å². The van der Waals surface area contributed by atoms with Crippen molar-refractivity contribution < 1.29 is 38.8 Å². The van der Waals surface area contributed by atoms with E-state index in [9.17, 15) is 20.1 Å². The van der Waals surface area contributed by atoms with Crippen LogP contribution in [0.5, 0.6) is 17.2 Å². The second-order valence-electron chi connectivity index (χ2n) is 14.9. The number of phenolic OH excluding ortho intramolecular Hbond substituents is 1. The van der Waals surface area contributed by atoms with Crippen molar-refractivity contribution in [1.29, 1.82) is 0 Å². The minimum Gasteiger partial charge on any atom is -0.508 e. The van der Waals surface area contributed by atoms with E-state index in [4.69, 9.17) is 14.2 Å². The number of anilines is 1. The smallest absolute Gasteiger partial charge is 0.262 e. The third-order valence-electron chi connectivity index (χ3n) is 11.6. The number of piperidine rings is 3. The molecule has 1 amide bonds. The van der Waals surface area contributed by atoms with Gasteiger partial charge in [0.25, 0.3) is 5.91 Å². The number of hydrogen-bond acceptors (Lipinski definition) is 8. The van der Waals surface area contributed by atoms with Crippen molar-refractivity contribution in [2.75, 3.05) is 64.4 Å². The number of quaternary nitrogens is 1. The Morgan fingerprint density at radius 3 is 2.54 bits per heavy atom. The summed E-state index contributed by atoms with van der Waals surface area (Å²) in [6.45, 7) is 6.10. The number of aliphatic hydroxyl groups excluding tert-OH is 1. The molecule has 0 radical (unpaired) electrons. The van der Waals surface area contributed by atoms with Gasteiger partial charge in [-0.3, -0.25) is 4.79 Å². The summed E-state index contributed by atoms with van der Waals surface area (Å²) in [4.78, 5) is 11.6. The number of hydrogen-bond donors (Lipinski definition) is 5. The molecule has 5 aliphatic rings. The number of phenols is 1. The molecular formula is C40H52N3O7+. The Morgan fingerprint density at radius 2 is 1.78 bits per heavy atom. The van der Waals surface area contributed by atoms with Crippen LogP contribution < -0.4 is 20.1 Å². The lowest BCUT2D eigenvalue weighted by Crippen LogP contribution is -2.65. The molecule has 5 N–H and O–H groups in total. The van der Waals surface area contributed by atoms with Gasteiger partial charge in [0.05, 0.1) is 31.5 Å². The van der Waals surface area contributed by atoms with E-state index in [1.54, 1.807) is 0 Å². The van der Waals surface area contributed by atoms with Gasteiger partial charge in [0.2, 0.25) is 0 Å². The van der Waals surface area contributed by atoms with Crippen LogP contribution in [0.3, 0.4) is 0 Å². The molecule has 268 valence electrons. The number of carbonyl (C=O) groups is 1. The van der Waals surface area contributed by atoms with Crippen molar-refractivity contribution in [1.82, 2.24) is 5.32 Å². The molecule has 10 heteroatoms. The van der Waals surface area contributed by atoms with Crippen LogP contribution >= 0.6 is 0 Å². The van der Waals surface area contributed by atoms with Gasteiger partial charge in [0, 0.05) is 36.9 Å². The molecule has 4 aliphatic heterocycles. The fourth-order valence-electron chi connectivity index (χ4n) is 8.68. The maximum atomic E-state index is 12.0. The van der Waals surface area contributed by atoms with Gasteiger partial charge in [-0.1, -0.05) is 55.3 Å². The van der Waals surface area contributed by atoms with E-state index >= 15 is 0 Å². The summed E-state index contributed by atoms with van der Waals surface area (Å²) in [5.74, 6) is 1.73. The Bertz CT molecular complexity index is 1590. The Labute approximate surface area is 295 Å². The van der Waals surface area contributed by atoms with Crippen LogP contribution in [0.2, 0.25) is 0 Å². The highest BCUT2D eigenvalue weighted by Gasteiger charge is 2.48. The quantitative estimate of drug-likeness (QED) is 0.115. The van der Waals surface area contributed by atoms with Crippen molar-refractivity contribution in [3.05, 3.63) is 83.4 Å². The molecule has 0 spiro atoms. The highest BCUT2D eigenvalue weighted by atomic mass is 16.5. The second kappa shape index (κ2) is 15.3. The monoisotopic (exact) mass is 686 g/mol. The summed E-state index contributed by atoms with van der Waals surface area (Å²) in [5.41, 5.74) is 2.02. The predicted molar refractivity (Wildman–Crippen MR) is 190 cm³/mol. The van der Waals surface area contributed by atoms with Gasteiger partial charge < -0.3 is 44.6 Å². The standard InChI is InChI=1S/C40H51N3O7/c44-32-22-34(39-35(23-32)42-38(46)26-49-39)36(45)24-41-17-14-28-10-12-33(13-11-28)48-21-20-43-18-15-29(16-19-43)37(25-43)50-27-40(47,31-8-4-5-9-31)30-6-2-1-3-7-30/h1-3,6-7,10-13,22-23,29,31,36-37,41,45,47H,4-5,8-9,14-21,24-27H2,(H-,42,44,46)/p+1/t29?,36-,37-,40?,43?/m0/s1. The Hall–Kier alpha value is -3.67. The van der Waals surface area contributed by atoms with Gasteiger partial charge in [-0.2, -0.15) is 0 Å². The van der Waals surface area contributed by atoms with Crippen molar-refractivity contribution >= 4 is 11.6 Å². The van der Waals surface area contributed by atoms with E-state index < -0.39 is 11.7 Å². The first-order valence-corrected chi connectivity index (χ1v) is 18.4. The van der Waals surface area contributed by atoms with E-state index in [1.807, 2.05) is 30.3 Å². The first kappa shape index (κ1) is 34.8. The molecule has 1 aliphatic carbocycles. The SMILES string of the molecule is O=C1COc2c(cc(O)cc2[C@@H](O)CNCCc2ccc(OCC[N+]34CCC(CC3)[C@@H](OCC(O)(c3ccccc3)C3CCCC3)C4)cc2)N1. The molecule has 1 unspecified atom stereocenters. The number of amides is 1. The number of nitrogens with zero attached hydrogens (tertiary/aromatic N) is 1. The van der Waals surface area contributed by atoms with Crippen LogP contribution in [0.15, 0.2) is 66.7 Å². The zero-order valence-electron chi connectivity index (χ0n) is 28.9. The molecule has 50 heavy (non-hydrogen) atoms. The first-order valence-electron chi connectivity index (χ1n) is 18.4. The molecule has 2 bridgehead atoms. The van der Waals surface area contributed by atoms with Crippen LogP contribution in [0.1, 0.15) is 61.3 Å². The minimum absolute atomic E-state index is 0.0450. The lowest BCUT2D eigenvalue weighted by atomic mass is 9.80. The average Bonchev–Trinajstić information content (AvgIpc) is 3.69. The molecule has 4 heterocycles. The zero-order chi connectivity index (χ0) is 34.6. The Kier molecular flexibility index (Phi) is 10.6. The number of carbonyl (C=O) groups excluding carboxylic acids is 1. The van der Waals surface area contributed by atoms with Gasteiger partial charge in [0.15, 0.2) is 6.61 Å². The number of fused-ring (bicyclic) bond motifs is 4. The molecule has 0 aromatic heterocycles. The summed E-state index contributed by atoms with van der Waals surface area (Å²) < 4.78 is 19.5. The molecular weight excluding hydrogens is 634 g/mol. The van der Waals surface area contributed by atoms with Crippen molar-refractivity contribution in [3.63, 3.8) is 0 Å². The number of aromatic hydroxyl groups is 1. The highest BCUT2D eigenvalue weighted by Crippen LogP contribution is 2.43. The lowest BCUT2D eigenvalue weighted by Gasteiger charge is -2.52. The van der Waals surface area contributed by atoms with E-state index in [2.05, 4.69) is 34.9 Å². The molecule has 8 rings (SSSR count). The molecule has 3 atom stereocenters. The van der Waals surface area contributed by atoms with Crippen LogP contribution in [-0.4, -0.2) is 90.9 Å². The van der Waals surface area contributed by atoms with Crippen molar-refractivity contribution in [3.8, 4) is 17.2 Å². The number of rotatable bonds is 15. The van der Waals surface area contributed by atoms with Crippen molar-refractivity contribution in [2.24, 2.45) is 11.8 Å². The Balaban J connectivity index is 0.856. The fraction of sp³-hybridized carbons (Fsp3) is 0.525. The fourth-order valence-corrected chi connectivity index (χ4v) is 8.68. The molecule has 10 nitrogen and oxygen atoms in total. The summed E-state index contributed by atoms with van der Waals surface area (Å²) >= 11 is 0. The minimum atomic E-state index is -0.926. The maximum Gasteiger partial charge on any atom is 0.262 e. The topological polar surface area (TPSA) is 130 Å². The van der Waals surface area contributed by atoms with E-state index in [1.165, 1.54) is 37.8 Å². The normalized spacial score (nSPS) is 25.0. The van der Waals surface area contributed by atoms with E-state index in [0.29, 0.717) is 42.7 Å². The summed E-state index contributed by atoms with van der Waals surface area (Å²) in [6.07, 6.45) is 6.86. The van der Waals surface area contributed by atoms with Gasteiger partial charge in [-0.05, 0) is 61.1 Å². The first-order chi connectivity index (χ1) is 24.3. The van der Waals surface area contributed by atoms with Crippen LogP contribution in [0.4, 0.5) is 5.69 Å². The summed E-state index contributed by atoms with van der Waals surface area (Å²) in [5, 5.41) is 38.8. The number of benzene rings is 3. The summed E-state index contributed by atoms with van der Waals surface area (Å²) in [6, 6.07) is 21.3. The number of aliphatic hydroxyl groups is 2. The average molecular weight is 687 g/mol. The Morgan fingerprint density at radius 1 is 1.02 bits per heavy atom. The predicted octanol–water partition coefficient (Wildman–Crippen LogP) is 4.67. The summed E-state index contributed by atoms with van der Waals surface area (Å²) in [7, 11) is 0. The largest absolute Gasteiger partial charge is 0.508 e. The van der Waals surface area contributed by atoms with Gasteiger partial charge in [0.1, 0.15) is 48.6 Å². The third kappa shape index (κ3) is 7.80. The molecule has 3 aromatic rings. The number of ether oxygens (including phenoxy) is 3. The third-order valence-corrected chi connectivity index (χ3v) is 11.6. The molecule has 4 fully saturated rings. The molecule has 1 saturated carbocycles. The zero-order valence-corrected chi connectivity index (χ0v) is 28.9. The van der Waals surface area contributed by atoms with Crippen LogP contribution in [0.25, 0.3) is 0 Å². The van der Waals surface area contributed by atoms with Crippen molar-refractivity contribution in [2.45, 2.75) is 62.8 Å². The van der Waals surface area contributed by atoms with Crippen LogP contribution in [-0.2, 0) is 21.6 Å². The highest BCUT2D eigenvalue weighted by molar-refractivity contribution is 5.96. The maximum absolute atomic E-state index is 12.0. The van der Waals surface area contributed by atoms with E-state index in [-0.39, 0.29) is 36.8 Å². The van der Waals surface area contributed by atoms with E-state index in [0.717, 1.165) is 66.8 Å². The van der Waals surface area contributed by atoms with Gasteiger partial charge in [-0.15, -0.1) is 0 Å².